The van der Waals surface area contributed by atoms with Crippen molar-refractivity contribution in [1.29, 1.82) is 0 Å². The van der Waals surface area contributed by atoms with Gasteiger partial charge >= 0.3 is 0 Å². The van der Waals surface area contributed by atoms with Crippen molar-refractivity contribution in [1.82, 2.24) is 14.4 Å². The van der Waals surface area contributed by atoms with Gasteiger partial charge in [0, 0.05) is 22.5 Å². The second kappa shape index (κ2) is 7.14. The molecule has 7 nitrogen and oxygen atoms in total. The molecule has 0 aliphatic rings. The summed E-state index contributed by atoms with van der Waals surface area (Å²) in [5.74, 6) is -0.447. The normalized spacial score (nSPS) is 12.2. The molecule has 4 aromatic rings. The number of amides is 1. The molecular weight excluding hydrogens is 398 g/mol. The van der Waals surface area contributed by atoms with Crippen molar-refractivity contribution in [3.8, 4) is 16.6 Å². The molecule has 1 atom stereocenters. The number of nitrogen functional groups attached to an aromatic ring is 1. The van der Waals surface area contributed by atoms with Crippen LogP contribution in [0.25, 0.3) is 16.3 Å². The molecule has 142 valence electrons. The first-order valence-electron chi connectivity index (χ1n) is 8.38. The molecule has 0 aliphatic carbocycles. The minimum atomic E-state index is -0.613. The number of aromatic nitrogens is 3. The molecule has 28 heavy (non-hydrogen) atoms. The average molecular weight is 414 g/mol. The Morgan fingerprint density at radius 3 is 2.82 bits per heavy atom. The lowest BCUT2D eigenvalue weighted by molar-refractivity contribution is 0.0997. The van der Waals surface area contributed by atoms with E-state index in [1.165, 1.54) is 0 Å². The first-order chi connectivity index (χ1) is 13.4. The largest absolute Gasteiger partial charge is 0.469 e. The van der Waals surface area contributed by atoms with Gasteiger partial charge in [0.25, 0.3) is 5.91 Å². The zero-order chi connectivity index (χ0) is 19.8. The van der Waals surface area contributed by atoms with Crippen molar-refractivity contribution < 1.29 is 9.53 Å². The number of imidazole rings is 1. The monoisotopic (exact) mass is 413 g/mol. The van der Waals surface area contributed by atoms with Crippen LogP contribution in [0.2, 0.25) is 5.02 Å². The van der Waals surface area contributed by atoms with Crippen LogP contribution in [0, 0.1) is 0 Å². The summed E-state index contributed by atoms with van der Waals surface area (Å²) in [6.07, 6.45) is 3.00. The molecule has 9 heteroatoms. The summed E-state index contributed by atoms with van der Waals surface area (Å²) in [4.78, 5) is 21.0. The number of carbonyl (C=O) groups excluding carboxylic acids is 1. The molecule has 0 saturated heterocycles. The SMILES string of the molecule is C[C@@H](Oc1nc(-c2cnc3ccc(N)cn23)sc1C(N)=O)c1ccccc1Cl. The summed E-state index contributed by atoms with van der Waals surface area (Å²) < 4.78 is 7.75. The Morgan fingerprint density at radius 1 is 1.29 bits per heavy atom. The zero-order valence-corrected chi connectivity index (χ0v) is 16.4. The molecule has 4 rings (SSSR count). The first kappa shape index (κ1) is 18.3. The number of hydrogen-bond acceptors (Lipinski definition) is 6. The van der Waals surface area contributed by atoms with Gasteiger partial charge in [-0.25, -0.2) is 4.98 Å². The average Bonchev–Trinajstić information content (AvgIpc) is 3.25. The maximum Gasteiger partial charge on any atom is 0.264 e. The highest BCUT2D eigenvalue weighted by molar-refractivity contribution is 7.17. The molecule has 0 spiro atoms. The van der Waals surface area contributed by atoms with Crippen molar-refractivity contribution in [3.63, 3.8) is 0 Å². The van der Waals surface area contributed by atoms with Crippen LogP contribution in [0.4, 0.5) is 5.69 Å². The molecule has 0 bridgehead atoms. The number of hydrogen-bond donors (Lipinski definition) is 2. The fourth-order valence-electron chi connectivity index (χ4n) is 2.84. The Balaban J connectivity index is 1.75. The summed E-state index contributed by atoms with van der Waals surface area (Å²) in [5.41, 5.74) is 14.2. The predicted molar refractivity (Wildman–Crippen MR) is 110 cm³/mol. The smallest absolute Gasteiger partial charge is 0.264 e. The maximum absolute atomic E-state index is 12.0. The van der Waals surface area contributed by atoms with Crippen LogP contribution in [-0.4, -0.2) is 20.3 Å². The van der Waals surface area contributed by atoms with Crippen molar-refractivity contribution in [2.75, 3.05) is 5.73 Å². The van der Waals surface area contributed by atoms with Crippen LogP contribution in [0.3, 0.4) is 0 Å². The molecule has 0 fully saturated rings. The summed E-state index contributed by atoms with van der Waals surface area (Å²) >= 11 is 7.38. The Labute approximate surface area is 169 Å². The van der Waals surface area contributed by atoms with Gasteiger partial charge in [-0.1, -0.05) is 29.8 Å². The van der Waals surface area contributed by atoms with Gasteiger partial charge in [-0.15, -0.1) is 11.3 Å². The number of anilines is 1. The third-order valence-corrected chi connectivity index (χ3v) is 5.62. The van der Waals surface area contributed by atoms with E-state index in [-0.39, 0.29) is 10.8 Å². The predicted octanol–water partition coefficient (Wildman–Crippen LogP) is 3.93. The number of carbonyl (C=O) groups is 1. The van der Waals surface area contributed by atoms with E-state index in [9.17, 15) is 4.79 Å². The third-order valence-electron chi connectivity index (χ3n) is 4.20. The van der Waals surface area contributed by atoms with Crippen LogP contribution in [0.1, 0.15) is 28.3 Å². The van der Waals surface area contributed by atoms with E-state index in [1.807, 2.05) is 25.1 Å². The lowest BCUT2D eigenvalue weighted by atomic mass is 10.1. The van der Waals surface area contributed by atoms with Crippen LogP contribution < -0.4 is 16.2 Å². The molecule has 3 aromatic heterocycles. The van der Waals surface area contributed by atoms with E-state index in [2.05, 4.69) is 9.97 Å². The number of fused-ring (bicyclic) bond motifs is 1. The minimum absolute atomic E-state index is 0.166. The summed E-state index contributed by atoms with van der Waals surface area (Å²) in [6.45, 7) is 1.83. The summed E-state index contributed by atoms with van der Waals surface area (Å²) in [7, 11) is 0. The van der Waals surface area contributed by atoms with E-state index < -0.39 is 12.0 Å². The van der Waals surface area contributed by atoms with Crippen molar-refractivity contribution in [2.24, 2.45) is 5.73 Å². The second-order valence-corrected chi connectivity index (χ2v) is 7.54. The van der Waals surface area contributed by atoms with Crippen LogP contribution in [-0.2, 0) is 0 Å². The van der Waals surface area contributed by atoms with Gasteiger partial charge in [0.2, 0.25) is 5.88 Å². The topological polar surface area (TPSA) is 109 Å². The number of halogens is 1. The number of nitrogens with zero attached hydrogens (tertiary/aromatic N) is 3. The third kappa shape index (κ3) is 3.28. The Morgan fingerprint density at radius 2 is 2.07 bits per heavy atom. The highest BCUT2D eigenvalue weighted by Crippen LogP contribution is 2.35. The van der Waals surface area contributed by atoms with Gasteiger partial charge in [-0.05, 0) is 25.1 Å². The molecule has 1 amide bonds. The Bertz CT molecular complexity index is 1190. The van der Waals surface area contributed by atoms with E-state index in [1.54, 1.807) is 35.0 Å². The van der Waals surface area contributed by atoms with Crippen molar-refractivity contribution >= 4 is 40.2 Å². The molecule has 4 N–H and O–H groups in total. The van der Waals surface area contributed by atoms with Crippen LogP contribution >= 0.6 is 22.9 Å². The highest BCUT2D eigenvalue weighted by Gasteiger charge is 2.23. The van der Waals surface area contributed by atoms with Crippen LogP contribution in [0.5, 0.6) is 5.88 Å². The molecule has 1 aromatic carbocycles. The van der Waals surface area contributed by atoms with Crippen LogP contribution in [0.15, 0.2) is 48.8 Å². The van der Waals surface area contributed by atoms with Gasteiger partial charge in [0.15, 0.2) is 4.88 Å². The van der Waals surface area contributed by atoms with Gasteiger partial charge in [-0.3, -0.25) is 9.20 Å². The number of ether oxygens (including phenoxy) is 1. The maximum atomic E-state index is 12.0. The van der Waals surface area contributed by atoms with E-state index in [4.69, 9.17) is 27.8 Å². The van der Waals surface area contributed by atoms with Crippen molar-refractivity contribution in [2.45, 2.75) is 13.0 Å². The van der Waals surface area contributed by atoms with Crippen molar-refractivity contribution in [3.05, 3.63) is 64.3 Å². The van der Waals surface area contributed by atoms with Gasteiger partial charge in [0.1, 0.15) is 22.5 Å². The molecule has 3 heterocycles. The number of thiazole rings is 1. The molecule has 0 unspecified atom stereocenters. The zero-order valence-electron chi connectivity index (χ0n) is 14.8. The van der Waals surface area contributed by atoms with E-state index in [0.29, 0.717) is 27.1 Å². The van der Waals surface area contributed by atoms with E-state index in [0.717, 1.165) is 16.9 Å². The summed E-state index contributed by atoms with van der Waals surface area (Å²) in [6, 6.07) is 10.9. The standard InChI is InChI=1S/C19H16ClN5O2S/c1-10(12-4-2-3-5-13(12)20)27-18-16(17(22)26)28-19(24-18)14-8-23-15-7-6-11(21)9-25(14)15/h2-10H,21H2,1H3,(H2,22,26)/t10-/m1/s1. The van der Waals surface area contributed by atoms with E-state index >= 15 is 0 Å². The highest BCUT2D eigenvalue weighted by atomic mass is 35.5. The quantitative estimate of drug-likeness (QED) is 0.515. The van der Waals surface area contributed by atoms with Gasteiger partial charge in [0.05, 0.1) is 6.20 Å². The second-order valence-electron chi connectivity index (χ2n) is 6.13. The number of rotatable bonds is 5. The fourth-order valence-corrected chi connectivity index (χ4v) is 3.99. The fraction of sp³-hybridized carbons (Fsp3) is 0.105. The molecule has 0 aliphatic heterocycles. The number of pyridine rings is 1. The minimum Gasteiger partial charge on any atom is -0.469 e. The summed E-state index contributed by atoms with van der Waals surface area (Å²) in [5, 5.41) is 1.12. The Hall–Kier alpha value is -3.10. The number of nitrogens with two attached hydrogens (primary N) is 2. The molecule has 0 radical (unpaired) electrons. The Kier molecular flexibility index (Phi) is 4.66. The lowest BCUT2D eigenvalue weighted by Crippen LogP contribution is -2.12. The van der Waals surface area contributed by atoms with Gasteiger partial charge in [-0.2, -0.15) is 4.98 Å². The first-order valence-corrected chi connectivity index (χ1v) is 9.58. The number of primary amides is 1. The molecule has 0 saturated carbocycles. The number of benzene rings is 1. The lowest BCUT2D eigenvalue weighted by Gasteiger charge is -2.15. The van der Waals surface area contributed by atoms with Gasteiger partial charge < -0.3 is 16.2 Å². The molecular formula is C19H16ClN5O2S.